The lowest BCUT2D eigenvalue weighted by atomic mass is 10.1. The fourth-order valence-corrected chi connectivity index (χ4v) is 2.13. The maximum absolute atomic E-state index is 12.0. The first-order valence-electron chi connectivity index (χ1n) is 5.15. The highest BCUT2D eigenvalue weighted by molar-refractivity contribution is 5.76. The number of aromatic nitrogens is 2. The Kier molecular flexibility index (Phi) is 1.73. The Labute approximate surface area is 87.1 Å². The van der Waals surface area contributed by atoms with Crippen molar-refractivity contribution in [2.75, 3.05) is 13.1 Å². The standard InChI is InChI=1S/C11H13N3O/c1-13-9-4-2-3-5-10(9)14(11(13)15)8-6-12-7-8/h2-5,8,12H,6-7H2,1H3. The smallest absolute Gasteiger partial charge is 0.313 e. The molecule has 0 unspecified atom stereocenters. The van der Waals surface area contributed by atoms with Crippen molar-refractivity contribution in [1.29, 1.82) is 0 Å². The topological polar surface area (TPSA) is 39.0 Å². The monoisotopic (exact) mass is 203 g/mol. The molecule has 2 heterocycles. The van der Waals surface area contributed by atoms with E-state index in [1.165, 1.54) is 0 Å². The highest BCUT2D eigenvalue weighted by atomic mass is 16.1. The van der Waals surface area contributed by atoms with Crippen molar-refractivity contribution in [3.8, 4) is 0 Å². The van der Waals surface area contributed by atoms with Gasteiger partial charge in [0, 0.05) is 20.1 Å². The van der Waals surface area contributed by atoms with Gasteiger partial charge in [0.15, 0.2) is 0 Å². The number of imidazole rings is 1. The average molecular weight is 203 g/mol. The predicted molar refractivity (Wildman–Crippen MR) is 59.1 cm³/mol. The molecule has 1 aliphatic rings. The lowest BCUT2D eigenvalue weighted by Gasteiger charge is -2.28. The van der Waals surface area contributed by atoms with Gasteiger partial charge in [0.1, 0.15) is 0 Å². The van der Waals surface area contributed by atoms with Crippen molar-refractivity contribution in [2.45, 2.75) is 6.04 Å². The van der Waals surface area contributed by atoms with Crippen molar-refractivity contribution >= 4 is 11.0 Å². The van der Waals surface area contributed by atoms with Gasteiger partial charge in [0.2, 0.25) is 0 Å². The largest absolute Gasteiger partial charge is 0.329 e. The minimum atomic E-state index is 0.0858. The van der Waals surface area contributed by atoms with Crippen molar-refractivity contribution in [1.82, 2.24) is 14.5 Å². The molecule has 1 saturated heterocycles. The van der Waals surface area contributed by atoms with E-state index in [1.54, 1.807) is 4.57 Å². The molecule has 0 spiro atoms. The van der Waals surface area contributed by atoms with Gasteiger partial charge in [-0.15, -0.1) is 0 Å². The van der Waals surface area contributed by atoms with Gasteiger partial charge in [-0.25, -0.2) is 4.79 Å². The first-order chi connectivity index (χ1) is 7.29. The zero-order valence-electron chi connectivity index (χ0n) is 8.60. The summed E-state index contributed by atoms with van der Waals surface area (Å²) in [5, 5.41) is 3.19. The van der Waals surface area contributed by atoms with E-state index in [2.05, 4.69) is 5.32 Å². The molecule has 0 bridgehead atoms. The van der Waals surface area contributed by atoms with Crippen molar-refractivity contribution < 1.29 is 0 Å². The molecule has 1 aliphatic heterocycles. The van der Waals surface area contributed by atoms with Crippen LogP contribution in [-0.4, -0.2) is 22.2 Å². The second-order valence-corrected chi connectivity index (χ2v) is 4.01. The van der Waals surface area contributed by atoms with Gasteiger partial charge in [0.25, 0.3) is 0 Å². The zero-order valence-corrected chi connectivity index (χ0v) is 8.60. The van der Waals surface area contributed by atoms with E-state index < -0.39 is 0 Å². The van der Waals surface area contributed by atoms with E-state index in [1.807, 2.05) is 35.9 Å². The van der Waals surface area contributed by atoms with Crippen LogP contribution in [0.5, 0.6) is 0 Å². The summed E-state index contributed by atoms with van der Waals surface area (Å²) in [5.41, 5.74) is 2.13. The summed E-state index contributed by atoms with van der Waals surface area (Å²) in [7, 11) is 1.83. The van der Waals surface area contributed by atoms with Gasteiger partial charge in [-0.2, -0.15) is 0 Å². The molecule has 78 valence electrons. The molecule has 0 aliphatic carbocycles. The van der Waals surface area contributed by atoms with Crippen molar-refractivity contribution in [2.24, 2.45) is 7.05 Å². The first kappa shape index (κ1) is 8.73. The molecule has 15 heavy (non-hydrogen) atoms. The normalized spacial score (nSPS) is 16.9. The van der Waals surface area contributed by atoms with Gasteiger partial charge in [0.05, 0.1) is 17.1 Å². The Morgan fingerprint density at radius 2 is 1.93 bits per heavy atom. The number of hydrogen-bond acceptors (Lipinski definition) is 2. The number of benzene rings is 1. The van der Waals surface area contributed by atoms with Gasteiger partial charge in [-0.05, 0) is 12.1 Å². The molecule has 4 nitrogen and oxygen atoms in total. The van der Waals surface area contributed by atoms with E-state index in [4.69, 9.17) is 0 Å². The third-order valence-electron chi connectivity index (χ3n) is 3.12. The molecule has 1 aromatic carbocycles. The lowest BCUT2D eigenvalue weighted by molar-refractivity contribution is 0.341. The Balaban J connectivity index is 2.36. The fraction of sp³-hybridized carbons (Fsp3) is 0.364. The van der Waals surface area contributed by atoms with Crippen LogP contribution in [-0.2, 0) is 7.05 Å². The second kappa shape index (κ2) is 2.97. The Morgan fingerprint density at radius 3 is 2.53 bits per heavy atom. The molecule has 1 N–H and O–H groups in total. The maximum atomic E-state index is 12.0. The number of aryl methyl sites for hydroxylation is 1. The molecule has 0 radical (unpaired) electrons. The van der Waals surface area contributed by atoms with Gasteiger partial charge >= 0.3 is 5.69 Å². The molecule has 0 amide bonds. The minimum Gasteiger partial charge on any atom is -0.313 e. The minimum absolute atomic E-state index is 0.0858. The van der Waals surface area contributed by atoms with Gasteiger partial charge < -0.3 is 5.32 Å². The van der Waals surface area contributed by atoms with Crippen LogP contribution < -0.4 is 11.0 Å². The summed E-state index contributed by atoms with van der Waals surface area (Å²) in [5.74, 6) is 0. The summed E-state index contributed by atoms with van der Waals surface area (Å²) in [6.07, 6.45) is 0. The Morgan fingerprint density at radius 1 is 1.27 bits per heavy atom. The summed E-state index contributed by atoms with van der Waals surface area (Å²) in [6, 6.07) is 8.26. The van der Waals surface area contributed by atoms with Crippen LogP contribution in [0.1, 0.15) is 6.04 Å². The average Bonchev–Trinajstić information content (AvgIpc) is 2.42. The van der Waals surface area contributed by atoms with E-state index in [0.29, 0.717) is 6.04 Å². The molecule has 0 atom stereocenters. The number of hydrogen-bond donors (Lipinski definition) is 1. The summed E-state index contributed by atoms with van der Waals surface area (Å²) >= 11 is 0. The number of rotatable bonds is 1. The van der Waals surface area contributed by atoms with Crippen molar-refractivity contribution in [3.05, 3.63) is 34.7 Å². The van der Waals surface area contributed by atoms with Crippen LogP contribution in [0.2, 0.25) is 0 Å². The molecular weight excluding hydrogens is 190 g/mol. The Hall–Kier alpha value is -1.55. The fourth-order valence-electron chi connectivity index (χ4n) is 2.13. The molecule has 3 rings (SSSR count). The van der Waals surface area contributed by atoms with Crippen LogP contribution in [0.25, 0.3) is 11.0 Å². The number of nitrogens with one attached hydrogen (secondary N) is 1. The molecular formula is C11H13N3O. The van der Waals surface area contributed by atoms with Crippen LogP contribution in [0.4, 0.5) is 0 Å². The van der Waals surface area contributed by atoms with Crippen molar-refractivity contribution in [3.63, 3.8) is 0 Å². The molecule has 0 saturated carbocycles. The van der Waals surface area contributed by atoms with E-state index >= 15 is 0 Å². The zero-order chi connectivity index (χ0) is 10.4. The highest BCUT2D eigenvalue weighted by Crippen LogP contribution is 2.18. The number of para-hydroxylation sites is 2. The third kappa shape index (κ3) is 1.08. The van der Waals surface area contributed by atoms with E-state index in [-0.39, 0.29) is 5.69 Å². The molecule has 1 fully saturated rings. The maximum Gasteiger partial charge on any atom is 0.329 e. The van der Waals surface area contributed by atoms with Crippen LogP contribution >= 0.6 is 0 Å². The van der Waals surface area contributed by atoms with Crippen LogP contribution in [0.15, 0.2) is 29.1 Å². The van der Waals surface area contributed by atoms with Gasteiger partial charge in [-0.3, -0.25) is 9.13 Å². The predicted octanol–water partition coefficient (Wildman–Crippen LogP) is 0.484. The van der Waals surface area contributed by atoms with E-state index in [0.717, 1.165) is 24.1 Å². The summed E-state index contributed by atoms with van der Waals surface area (Å²) in [6.45, 7) is 1.79. The summed E-state index contributed by atoms with van der Waals surface area (Å²) in [4.78, 5) is 12.0. The van der Waals surface area contributed by atoms with Crippen LogP contribution in [0, 0.1) is 0 Å². The number of nitrogens with zero attached hydrogens (tertiary/aromatic N) is 2. The molecule has 2 aromatic rings. The third-order valence-corrected chi connectivity index (χ3v) is 3.12. The first-order valence-corrected chi connectivity index (χ1v) is 5.15. The Bertz CT molecular complexity index is 563. The van der Waals surface area contributed by atoms with Crippen LogP contribution in [0.3, 0.4) is 0 Å². The lowest BCUT2D eigenvalue weighted by Crippen LogP contribution is -2.46. The number of fused-ring (bicyclic) bond motifs is 1. The molecule has 1 aromatic heterocycles. The quantitative estimate of drug-likeness (QED) is 0.732. The van der Waals surface area contributed by atoms with Gasteiger partial charge in [-0.1, -0.05) is 12.1 Å². The second-order valence-electron chi connectivity index (χ2n) is 4.01. The molecule has 4 heteroatoms. The van der Waals surface area contributed by atoms with E-state index in [9.17, 15) is 4.79 Å². The summed E-state index contributed by atoms with van der Waals surface area (Å²) < 4.78 is 3.61. The highest BCUT2D eigenvalue weighted by Gasteiger charge is 2.23. The SMILES string of the molecule is Cn1c(=O)n(C2CNC2)c2ccccc21.